The van der Waals surface area contributed by atoms with E-state index in [-0.39, 0.29) is 5.41 Å². The van der Waals surface area contributed by atoms with Gasteiger partial charge in [-0.1, -0.05) is 43.6 Å². The van der Waals surface area contributed by atoms with Crippen LogP contribution in [0.2, 0.25) is 0 Å². The van der Waals surface area contributed by atoms with Crippen LogP contribution in [0.4, 0.5) is 0 Å². The standard InChI is InChI=1S/C21H19ClOS/c1-21(2)15-9-8-14-13-5-3-4-6-18(13)24-20(14)19(15)23-17-10-7-12(22)11-16(17)21/h3-7,10,16H,8-9,11H2,1-2H3. The largest absolute Gasteiger partial charge is 0.460 e. The highest BCUT2D eigenvalue weighted by Gasteiger charge is 2.45. The van der Waals surface area contributed by atoms with Gasteiger partial charge < -0.3 is 4.74 Å². The van der Waals surface area contributed by atoms with Gasteiger partial charge >= 0.3 is 0 Å². The molecular formula is C21H19ClOS. The van der Waals surface area contributed by atoms with Crippen molar-refractivity contribution in [3.05, 3.63) is 63.2 Å². The summed E-state index contributed by atoms with van der Waals surface area (Å²) in [7, 11) is 0. The molecular weight excluding hydrogens is 336 g/mol. The van der Waals surface area contributed by atoms with E-state index >= 15 is 0 Å². The average molecular weight is 355 g/mol. The lowest BCUT2D eigenvalue weighted by molar-refractivity contribution is 0.171. The highest BCUT2D eigenvalue weighted by atomic mass is 35.5. The molecule has 3 aliphatic rings. The molecule has 1 atom stereocenters. The molecule has 24 heavy (non-hydrogen) atoms. The van der Waals surface area contributed by atoms with Crippen LogP contribution in [0.5, 0.6) is 0 Å². The number of benzene rings is 1. The Kier molecular flexibility index (Phi) is 3.08. The molecule has 0 saturated carbocycles. The third-order valence-corrected chi connectivity index (χ3v) is 7.34. The van der Waals surface area contributed by atoms with Crippen molar-refractivity contribution in [2.24, 2.45) is 11.3 Å². The van der Waals surface area contributed by atoms with Crippen molar-refractivity contribution in [1.82, 2.24) is 0 Å². The molecule has 0 radical (unpaired) electrons. The van der Waals surface area contributed by atoms with Crippen LogP contribution in [0.15, 0.2) is 52.8 Å². The van der Waals surface area contributed by atoms with Gasteiger partial charge in [-0.05, 0) is 59.4 Å². The Balaban J connectivity index is 1.73. The minimum atomic E-state index is 0.0850. The number of ether oxygens (including phenoxy) is 1. The van der Waals surface area contributed by atoms with Gasteiger partial charge in [0.15, 0.2) is 0 Å². The lowest BCUT2D eigenvalue weighted by atomic mass is 9.65. The monoisotopic (exact) mass is 354 g/mol. The predicted molar refractivity (Wildman–Crippen MR) is 102 cm³/mol. The van der Waals surface area contributed by atoms with E-state index in [1.165, 1.54) is 26.1 Å². The molecule has 5 rings (SSSR count). The van der Waals surface area contributed by atoms with Gasteiger partial charge in [0.2, 0.25) is 0 Å². The molecule has 0 fully saturated rings. The van der Waals surface area contributed by atoms with Crippen molar-refractivity contribution in [3.8, 4) is 0 Å². The molecule has 3 heteroatoms. The van der Waals surface area contributed by atoms with Crippen molar-refractivity contribution < 1.29 is 4.74 Å². The fourth-order valence-electron chi connectivity index (χ4n) is 4.45. The number of allylic oxidation sites excluding steroid dienone is 5. The summed E-state index contributed by atoms with van der Waals surface area (Å²) in [5.74, 6) is 2.55. The van der Waals surface area contributed by atoms with Crippen LogP contribution >= 0.6 is 22.9 Å². The normalized spacial score (nSPS) is 24.5. The number of hydrogen-bond donors (Lipinski definition) is 0. The number of rotatable bonds is 0. The van der Waals surface area contributed by atoms with Crippen LogP contribution in [-0.2, 0) is 11.2 Å². The van der Waals surface area contributed by atoms with E-state index < -0.39 is 0 Å². The molecule has 2 aromatic rings. The van der Waals surface area contributed by atoms with Gasteiger partial charge in [-0.3, -0.25) is 0 Å². The summed E-state index contributed by atoms with van der Waals surface area (Å²) in [6.45, 7) is 4.72. The molecule has 1 nitrogen and oxygen atoms in total. The van der Waals surface area contributed by atoms with Crippen molar-refractivity contribution in [3.63, 3.8) is 0 Å². The van der Waals surface area contributed by atoms with Crippen LogP contribution in [0.25, 0.3) is 15.8 Å². The van der Waals surface area contributed by atoms with E-state index in [0.29, 0.717) is 5.92 Å². The first kappa shape index (κ1) is 14.8. The molecule has 0 spiro atoms. The van der Waals surface area contributed by atoms with Crippen LogP contribution in [0.3, 0.4) is 0 Å². The molecule has 1 unspecified atom stereocenters. The molecule has 2 heterocycles. The first-order valence-electron chi connectivity index (χ1n) is 8.54. The Morgan fingerprint density at radius 2 is 2.00 bits per heavy atom. The minimum Gasteiger partial charge on any atom is -0.460 e. The van der Waals surface area contributed by atoms with Gasteiger partial charge in [0.25, 0.3) is 0 Å². The maximum absolute atomic E-state index is 6.48. The zero-order valence-electron chi connectivity index (χ0n) is 13.9. The van der Waals surface area contributed by atoms with Crippen molar-refractivity contribution in [2.45, 2.75) is 33.1 Å². The second-order valence-electron chi connectivity index (χ2n) is 7.48. The Morgan fingerprint density at radius 3 is 2.88 bits per heavy atom. The van der Waals surface area contributed by atoms with Gasteiger partial charge in [-0.25, -0.2) is 0 Å². The van der Waals surface area contributed by atoms with Gasteiger partial charge in [-0.2, -0.15) is 0 Å². The Morgan fingerprint density at radius 1 is 1.17 bits per heavy atom. The third-order valence-electron chi connectivity index (χ3n) is 5.84. The third kappa shape index (κ3) is 1.93. The fraction of sp³-hybridized carbons (Fsp3) is 0.333. The molecule has 1 aromatic carbocycles. The molecule has 122 valence electrons. The van der Waals surface area contributed by atoms with E-state index in [9.17, 15) is 0 Å². The number of fused-ring (bicyclic) bond motifs is 5. The molecule has 1 aromatic heterocycles. The van der Waals surface area contributed by atoms with E-state index in [1.54, 1.807) is 0 Å². The quantitative estimate of drug-likeness (QED) is 0.515. The Labute approximate surface area is 151 Å². The van der Waals surface area contributed by atoms with Crippen LogP contribution < -0.4 is 0 Å². The van der Waals surface area contributed by atoms with Gasteiger partial charge in [0.05, 0.1) is 4.88 Å². The second-order valence-corrected chi connectivity index (χ2v) is 9.01. The molecule has 0 bridgehead atoms. The SMILES string of the molecule is CC1(C)C2=C(OC3=CC=C(Cl)CC31)c1sc3ccccc3c1CC2. The highest BCUT2D eigenvalue weighted by Crippen LogP contribution is 2.57. The smallest absolute Gasteiger partial charge is 0.144 e. The summed E-state index contributed by atoms with van der Waals surface area (Å²) in [6, 6.07) is 8.72. The summed E-state index contributed by atoms with van der Waals surface area (Å²) in [5, 5.41) is 2.33. The van der Waals surface area contributed by atoms with Gasteiger partial charge in [0, 0.05) is 15.7 Å². The molecule has 0 amide bonds. The summed E-state index contributed by atoms with van der Waals surface area (Å²) < 4.78 is 7.84. The van der Waals surface area contributed by atoms with Crippen LogP contribution in [0.1, 0.15) is 37.1 Å². The summed E-state index contributed by atoms with van der Waals surface area (Å²) in [4.78, 5) is 1.34. The second kappa shape index (κ2) is 5.00. The average Bonchev–Trinajstić information content (AvgIpc) is 2.95. The van der Waals surface area contributed by atoms with Crippen molar-refractivity contribution in [1.29, 1.82) is 0 Å². The maximum Gasteiger partial charge on any atom is 0.144 e. The zero-order chi connectivity index (χ0) is 16.5. The zero-order valence-corrected chi connectivity index (χ0v) is 15.4. The molecule has 0 saturated heterocycles. The fourth-order valence-corrected chi connectivity index (χ4v) is 5.93. The lowest BCUT2D eigenvalue weighted by Crippen LogP contribution is -2.35. The summed E-state index contributed by atoms with van der Waals surface area (Å²) in [5.41, 5.74) is 3.02. The van der Waals surface area contributed by atoms with Gasteiger partial charge in [0.1, 0.15) is 11.5 Å². The summed E-state index contributed by atoms with van der Waals surface area (Å²) in [6.07, 6.45) is 7.14. The topological polar surface area (TPSA) is 9.23 Å². The lowest BCUT2D eigenvalue weighted by Gasteiger charge is -2.45. The molecule has 0 N–H and O–H groups in total. The van der Waals surface area contributed by atoms with E-state index in [2.05, 4.69) is 44.2 Å². The van der Waals surface area contributed by atoms with E-state index in [4.69, 9.17) is 16.3 Å². The van der Waals surface area contributed by atoms with Gasteiger partial charge in [-0.15, -0.1) is 11.3 Å². The number of halogens is 1. The maximum atomic E-state index is 6.48. The minimum absolute atomic E-state index is 0.0850. The van der Waals surface area contributed by atoms with E-state index in [0.717, 1.165) is 35.8 Å². The highest BCUT2D eigenvalue weighted by molar-refractivity contribution is 7.20. The van der Waals surface area contributed by atoms with Crippen molar-refractivity contribution >= 4 is 38.8 Å². The Bertz CT molecular complexity index is 957. The summed E-state index contributed by atoms with van der Waals surface area (Å²) >= 11 is 8.19. The molecule has 2 aliphatic carbocycles. The first-order valence-corrected chi connectivity index (χ1v) is 9.73. The van der Waals surface area contributed by atoms with Crippen molar-refractivity contribution in [2.75, 3.05) is 0 Å². The first-order chi connectivity index (χ1) is 11.6. The molecule has 1 aliphatic heterocycles. The number of aryl methyl sites for hydroxylation is 1. The van der Waals surface area contributed by atoms with Crippen LogP contribution in [-0.4, -0.2) is 0 Å². The van der Waals surface area contributed by atoms with Crippen LogP contribution in [0, 0.1) is 11.3 Å². The Hall–Kier alpha value is -1.51. The number of hydrogen-bond acceptors (Lipinski definition) is 2. The van der Waals surface area contributed by atoms with E-state index in [1.807, 2.05) is 17.4 Å². The number of thiophene rings is 1. The predicted octanol–water partition coefficient (Wildman–Crippen LogP) is 6.64.